The van der Waals surface area contributed by atoms with E-state index < -0.39 is 5.41 Å². The monoisotopic (exact) mass is 616 g/mol. The molecule has 0 saturated carbocycles. The van der Waals surface area contributed by atoms with E-state index >= 15 is 0 Å². The highest BCUT2D eigenvalue weighted by Gasteiger charge is 2.53. The molecule has 0 N–H and O–H groups in total. The van der Waals surface area contributed by atoms with Crippen molar-refractivity contribution in [2.75, 3.05) is 9.80 Å². The summed E-state index contributed by atoms with van der Waals surface area (Å²) >= 11 is 0. The summed E-state index contributed by atoms with van der Waals surface area (Å²) in [6, 6.07) is 53.0. The maximum Gasteiger partial charge on any atom is 0.0937 e. The van der Waals surface area contributed by atoms with Crippen LogP contribution in [0.2, 0.25) is 0 Å². The fourth-order valence-electron chi connectivity index (χ4n) is 8.74. The van der Waals surface area contributed by atoms with Crippen molar-refractivity contribution in [3.8, 4) is 11.4 Å². The summed E-state index contributed by atoms with van der Waals surface area (Å²) in [7, 11) is 0. The number of aromatic nitrogens is 2. The smallest absolute Gasteiger partial charge is 0.0937 e. The standard InChI is InChI=1S/C44H32N4/c1-43(2)31-16-6-9-21-37(31)48(38-22-10-7-17-32(38)43)30-24-25-40-36(28-30)44(34-19-12-26-45-41(34)42-35(44)20-13-27-46-42)33-18-8-11-23-39(33)47(40)29-14-4-3-5-15-29/h3-28H,1-2H3. The van der Waals surface area contributed by atoms with Gasteiger partial charge in [-0.3, -0.25) is 9.97 Å². The quantitative estimate of drug-likeness (QED) is 0.193. The van der Waals surface area contributed by atoms with Gasteiger partial charge in [0.2, 0.25) is 0 Å². The Hall–Kier alpha value is -6.00. The van der Waals surface area contributed by atoms with Crippen molar-refractivity contribution in [3.63, 3.8) is 0 Å². The summed E-state index contributed by atoms with van der Waals surface area (Å²) in [5.41, 5.74) is 15.5. The van der Waals surface area contributed by atoms with Crippen LogP contribution in [0.25, 0.3) is 11.4 Å². The first-order valence-electron chi connectivity index (χ1n) is 16.6. The molecule has 0 atom stereocenters. The zero-order chi connectivity index (χ0) is 32.0. The van der Waals surface area contributed by atoms with Gasteiger partial charge in [0.15, 0.2) is 0 Å². The topological polar surface area (TPSA) is 32.3 Å². The first-order chi connectivity index (χ1) is 23.6. The van der Waals surface area contributed by atoms with Gasteiger partial charge < -0.3 is 9.80 Å². The fraction of sp³-hybridized carbons (Fsp3) is 0.0909. The van der Waals surface area contributed by atoms with E-state index in [1.54, 1.807) is 0 Å². The summed E-state index contributed by atoms with van der Waals surface area (Å²) in [6.45, 7) is 4.68. The Morgan fingerprint density at radius 2 is 0.854 bits per heavy atom. The molecule has 0 radical (unpaired) electrons. The second-order valence-corrected chi connectivity index (χ2v) is 13.4. The molecule has 4 nitrogen and oxygen atoms in total. The van der Waals surface area contributed by atoms with Crippen LogP contribution in [-0.2, 0) is 10.8 Å². The Bertz CT molecular complexity index is 2320. The largest absolute Gasteiger partial charge is 0.310 e. The van der Waals surface area contributed by atoms with Crippen molar-refractivity contribution in [1.82, 2.24) is 9.97 Å². The number of fused-ring (bicyclic) bond motifs is 11. The lowest BCUT2D eigenvalue weighted by Gasteiger charge is -2.46. The molecule has 4 heterocycles. The zero-order valence-corrected chi connectivity index (χ0v) is 26.8. The highest BCUT2D eigenvalue weighted by molar-refractivity contribution is 5.96. The molecule has 1 aliphatic carbocycles. The van der Waals surface area contributed by atoms with E-state index in [0.29, 0.717) is 0 Å². The van der Waals surface area contributed by atoms with Crippen LogP contribution in [0.5, 0.6) is 0 Å². The molecule has 3 aliphatic rings. The van der Waals surface area contributed by atoms with Crippen LogP contribution in [0, 0.1) is 0 Å². The van der Waals surface area contributed by atoms with Gasteiger partial charge >= 0.3 is 0 Å². The summed E-state index contributed by atoms with van der Waals surface area (Å²) in [5.74, 6) is 0. The van der Waals surface area contributed by atoms with E-state index in [-0.39, 0.29) is 5.41 Å². The van der Waals surface area contributed by atoms with Crippen molar-refractivity contribution in [2.45, 2.75) is 24.7 Å². The first kappa shape index (κ1) is 27.1. The molecular formula is C44H32N4. The van der Waals surface area contributed by atoms with Gasteiger partial charge in [-0.1, -0.05) is 98.8 Å². The minimum Gasteiger partial charge on any atom is -0.310 e. The van der Waals surface area contributed by atoms with Crippen molar-refractivity contribution < 1.29 is 0 Å². The summed E-state index contributed by atoms with van der Waals surface area (Å²) in [6.07, 6.45) is 3.78. The van der Waals surface area contributed by atoms with Crippen LogP contribution in [0.4, 0.5) is 34.1 Å². The molecule has 0 saturated heterocycles. The number of para-hydroxylation sites is 4. The molecular weight excluding hydrogens is 585 g/mol. The molecule has 0 amide bonds. The van der Waals surface area contributed by atoms with Crippen LogP contribution in [-0.4, -0.2) is 9.97 Å². The van der Waals surface area contributed by atoms with Gasteiger partial charge in [0.25, 0.3) is 0 Å². The SMILES string of the molecule is CC1(C)c2ccccc2N(c2ccc3c(c2)C2(c4ccccc4N3c3ccccc3)c3cccnc3-c3ncccc32)c2ccccc21. The minimum absolute atomic E-state index is 0.136. The lowest BCUT2D eigenvalue weighted by Crippen LogP contribution is -2.36. The number of anilines is 6. The molecule has 1 spiro atoms. The predicted molar refractivity (Wildman–Crippen MR) is 194 cm³/mol. The molecule has 0 fully saturated rings. The predicted octanol–water partition coefficient (Wildman–Crippen LogP) is 10.7. The van der Waals surface area contributed by atoms with Gasteiger partial charge in [-0.25, -0.2) is 0 Å². The molecule has 0 bridgehead atoms. The number of hydrogen-bond acceptors (Lipinski definition) is 4. The van der Waals surface area contributed by atoms with Crippen molar-refractivity contribution in [2.24, 2.45) is 0 Å². The molecule has 2 aromatic heterocycles. The summed E-state index contributed by atoms with van der Waals surface area (Å²) < 4.78 is 0. The lowest BCUT2D eigenvalue weighted by molar-refractivity contribution is 0.632. The second kappa shape index (κ2) is 9.76. The first-order valence-corrected chi connectivity index (χ1v) is 16.6. The van der Waals surface area contributed by atoms with Gasteiger partial charge in [-0.05, 0) is 94.0 Å². The zero-order valence-electron chi connectivity index (χ0n) is 26.8. The minimum atomic E-state index is -0.617. The molecule has 7 aromatic rings. The Morgan fingerprint density at radius 1 is 0.396 bits per heavy atom. The molecule has 10 rings (SSSR count). The van der Waals surface area contributed by atoms with Gasteiger partial charge in [-0.2, -0.15) is 0 Å². The van der Waals surface area contributed by atoms with E-state index in [1.165, 1.54) is 33.6 Å². The third-order valence-corrected chi connectivity index (χ3v) is 10.7. The van der Waals surface area contributed by atoms with E-state index in [1.807, 2.05) is 12.4 Å². The van der Waals surface area contributed by atoms with Crippen LogP contribution in [0.1, 0.15) is 47.2 Å². The Labute approximate surface area is 280 Å². The van der Waals surface area contributed by atoms with E-state index in [0.717, 1.165) is 45.3 Å². The van der Waals surface area contributed by atoms with Crippen LogP contribution >= 0.6 is 0 Å². The number of nitrogens with zero attached hydrogens (tertiary/aromatic N) is 4. The molecule has 2 aliphatic heterocycles. The van der Waals surface area contributed by atoms with Gasteiger partial charge in [-0.15, -0.1) is 0 Å². The van der Waals surface area contributed by atoms with Crippen molar-refractivity contribution in [3.05, 3.63) is 191 Å². The highest BCUT2D eigenvalue weighted by Crippen LogP contribution is 2.63. The summed E-state index contributed by atoms with van der Waals surface area (Å²) in [5, 5.41) is 0. The molecule has 5 aromatic carbocycles. The molecule has 4 heteroatoms. The number of benzene rings is 5. The number of pyridine rings is 2. The Morgan fingerprint density at radius 3 is 1.46 bits per heavy atom. The van der Waals surface area contributed by atoms with E-state index in [4.69, 9.17) is 9.97 Å². The summed E-state index contributed by atoms with van der Waals surface area (Å²) in [4.78, 5) is 14.8. The van der Waals surface area contributed by atoms with Gasteiger partial charge in [0.1, 0.15) is 0 Å². The third-order valence-electron chi connectivity index (χ3n) is 10.7. The van der Waals surface area contributed by atoms with E-state index in [2.05, 4.69) is 169 Å². The maximum atomic E-state index is 4.97. The average molecular weight is 617 g/mol. The molecule has 228 valence electrons. The van der Waals surface area contributed by atoms with Crippen LogP contribution < -0.4 is 9.80 Å². The van der Waals surface area contributed by atoms with Crippen LogP contribution in [0.3, 0.4) is 0 Å². The maximum absolute atomic E-state index is 4.97. The van der Waals surface area contributed by atoms with Crippen molar-refractivity contribution in [1.29, 1.82) is 0 Å². The number of hydrogen-bond donors (Lipinski definition) is 0. The highest BCUT2D eigenvalue weighted by atomic mass is 15.2. The van der Waals surface area contributed by atoms with Crippen molar-refractivity contribution >= 4 is 34.1 Å². The van der Waals surface area contributed by atoms with Gasteiger partial charge in [0.05, 0.1) is 39.6 Å². The normalized spacial score (nSPS) is 15.5. The third kappa shape index (κ3) is 3.39. The Balaban J connectivity index is 1.33. The van der Waals surface area contributed by atoms with Gasteiger partial charge in [0, 0.05) is 29.2 Å². The van der Waals surface area contributed by atoms with E-state index in [9.17, 15) is 0 Å². The fourth-order valence-corrected chi connectivity index (χ4v) is 8.74. The lowest BCUT2D eigenvalue weighted by atomic mass is 9.65. The Kier molecular flexibility index (Phi) is 5.52. The number of rotatable bonds is 2. The molecule has 0 unspecified atom stereocenters. The van der Waals surface area contributed by atoms with Crippen LogP contribution in [0.15, 0.2) is 158 Å². The average Bonchev–Trinajstić information content (AvgIpc) is 3.43. The second-order valence-electron chi connectivity index (χ2n) is 13.4. The molecule has 48 heavy (non-hydrogen) atoms.